The molecule has 0 radical (unpaired) electrons. The standard InChI is InChI=1S/C25H30N8O4/c1-2-7-29-25(35)31-12-13-33(22-6-9-28-24(30-22)32-11-10-26-16-32)19(15-31)23(34)27-8-5-18-3-4-20-21(14-18)37-17-36-20/h3-4,6,9-11,14,16,19H,2,5,7-8,12-13,15,17H2,1H3,(H,27,34)(H,29,35). The molecule has 1 fully saturated rings. The number of nitrogens with zero attached hydrogens (tertiary/aromatic N) is 6. The molecule has 0 aliphatic carbocycles. The summed E-state index contributed by atoms with van der Waals surface area (Å²) >= 11 is 0. The summed E-state index contributed by atoms with van der Waals surface area (Å²) in [7, 11) is 0. The average Bonchev–Trinajstić information content (AvgIpc) is 3.64. The van der Waals surface area contributed by atoms with Gasteiger partial charge in [-0.3, -0.25) is 9.36 Å². The first-order chi connectivity index (χ1) is 18.1. The van der Waals surface area contributed by atoms with E-state index in [1.54, 1.807) is 40.5 Å². The van der Waals surface area contributed by atoms with E-state index in [0.29, 0.717) is 50.1 Å². The minimum Gasteiger partial charge on any atom is -0.454 e. The van der Waals surface area contributed by atoms with Gasteiger partial charge in [0, 0.05) is 44.8 Å². The molecule has 5 rings (SSSR count). The zero-order valence-corrected chi connectivity index (χ0v) is 20.7. The highest BCUT2D eigenvalue weighted by molar-refractivity contribution is 5.87. The van der Waals surface area contributed by atoms with Crippen LogP contribution in [0.15, 0.2) is 49.2 Å². The second-order valence-corrected chi connectivity index (χ2v) is 8.80. The van der Waals surface area contributed by atoms with E-state index in [1.165, 1.54) is 0 Å². The Morgan fingerprint density at radius 2 is 1.97 bits per heavy atom. The fraction of sp³-hybridized carbons (Fsp3) is 0.400. The summed E-state index contributed by atoms with van der Waals surface area (Å²) in [6, 6.07) is 6.78. The number of hydrogen-bond donors (Lipinski definition) is 2. The monoisotopic (exact) mass is 506 g/mol. The summed E-state index contributed by atoms with van der Waals surface area (Å²) in [4.78, 5) is 42.8. The molecule has 0 saturated carbocycles. The second kappa shape index (κ2) is 11.1. The lowest BCUT2D eigenvalue weighted by Gasteiger charge is -2.41. The number of nitrogens with one attached hydrogen (secondary N) is 2. The van der Waals surface area contributed by atoms with E-state index >= 15 is 0 Å². The van der Waals surface area contributed by atoms with Crippen LogP contribution < -0.4 is 25.0 Å². The smallest absolute Gasteiger partial charge is 0.317 e. The van der Waals surface area contributed by atoms with Crippen LogP contribution >= 0.6 is 0 Å². The highest BCUT2D eigenvalue weighted by Crippen LogP contribution is 2.32. The number of carbonyl (C=O) groups excluding carboxylic acids is 2. The molecule has 37 heavy (non-hydrogen) atoms. The van der Waals surface area contributed by atoms with Crippen molar-refractivity contribution >= 4 is 17.8 Å². The molecule has 1 aromatic carbocycles. The van der Waals surface area contributed by atoms with Crippen molar-refractivity contribution in [3.63, 3.8) is 0 Å². The van der Waals surface area contributed by atoms with E-state index in [0.717, 1.165) is 17.7 Å². The Morgan fingerprint density at radius 3 is 2.81 bits per heavy atom. The van der Waals surface area contributed by atoms with E-state index in [4.69, 9.17) is 9.47 Å². The normalized spacial score (nSPS) is 16.5. The van der Waals surface area contributed by atoms with Crippen molar-refractivity contribution in [3.05, 3.63) is 54.7 Å². The van der Waals surface area contributed by atoms with E-state index in [1.807, 2.05) is 30.0 Å². The number of amides is 3. The molecule has 194 valence electrons. The first-order valence-corrected chi connectivity index (χ1v) is 12.4. The third-order valence-corrected chi connectivity index (χ3v) is 6.30. The Labute approximate surface area is 214 Å². The molecule has 12 heteroatoms. The third kappa shape index (κ3) is 5.57. The fourth-order valence-electron chi connectivity index (χ4n) is 4.36. The Hall–Kier alpha value is -4.35. The quantitative estimate of drug-likeness (QED) is 0.469. The maximum absolute atomic E-state index is 13.4. The van der Waals surface area contributed by atoms with Crippen LogP contribution in [0.4, 0.5) is 10.6 Å². The van der Waals surface area contributed by atoms with E-state index < -0.39 is 6.04 Å². The maximum Gasteiger partial charge on any atom is 0.317 e. The lowest BCUT2D eigenvalue weighted by atomic mass is 10.1. The topological polar surface area (TPSA) is 127 Å². The Morgan fingerprint density at radius 1 is 1.08 bits per heavy atom. The molecular formula is C25H30N8O4. The Balaban J connectivity index is 1.29. The van der Waals surface area contributed by atoms with Crippen molar-refractivity contribution in [1.82, 2.24) is 35.1 Å². The molecule has 3 aromatic rings. The number of piperazine rings is 1. The van der Waals surface area contributed by atoms with Crippen molar-refractivity contribution in [1.29, 1.82) is 0 Å². The number of urea groups is 1. The molecule has 1 saturated heterocycles. The first kappa shape index (κ1) is 24.3. The second-order valence-electron chi connectivity index (χ2n) is 8.80. The number of hydrogen-bond acceptors (Lipinski definition) is 8. The molecule has 2 aliphatic heterocycles. The van der Waals surface area contributed by atoms with Crippen LogP contribution in [0.25, 0.3) is 5.95 Å². The van der Waals surface area contributed by atoms with Gasteiger partial charge in [0.05, 0.1) is 6.54 Å². The predicted molar refractivity (Wildman–Crippen MR) is 135 cm³/mol. The van der Waals surface area contributed by atoms with Gasteiger partial charge in [-0.2, -0.15) is 4.98 Å². The lowest BCUT2D eigenvalue weighted by molar-refractivity contribution is -0.123. The average molecular weight is 507 g/mol. The van der Waals surface area contributed by atoms with Gasteiger partial charge in [0.2, 0.25) is 18.6 Å². The van der Waals surface area contributed by atoms with Crippen LogP contribution in [-0.4, -0.2) is 81.9 Å². The molecule has 2 aliphatic rings. The van der Waals surface area contributed by atoms with Crippen LogP contribution in [-0.2, 0) is 11.2 Å². The van der Waals surface area contributed by atoms with E-state index in [9.17, 15) is 9.59 Å². The van der Waals surface area contributed by atoms with Crippen molar-refractivity contribution in [3.8, 4) is 17.4 Å². The number of rotatable bonds is 8. The minimum absolute atomic E-state index is 0.165. The van der Waals surface area contributed by atoms with Gasteiger partial charge in [-0.15, -0.1) is 0 Å². The van der Waals surface area contributed by atoms with Gasteiger partial charge >= 0.3 is 6.03 Å². The zero-order chi connectivity index (χ0) is 25.6. The number of benzene rings is 1. The molecule has 0 bridgehead atoms. The molecule has 2 N–H and O–H groups in total. The minimum atomic E-state index is -0.608. The molecule has 0 spiro atoms. The number of imidazole rings is 1. The summed E-state index contributed by atoms with van der Waals surface area (Å²) in [6.45, 7) is 4.43. The summed E-state index contributed by atoms with van der Waals surface area (Å²) in [6.07, 6.45) is 8.17. The van der Waals surface area contributed by atoms with Gasteiger partial charge in [0.25, 0.3) is 0 Å². The predicted octanol–water partition coefficient (Wildman–Crippen LogP) is 1.36. The van der Waals surface area contributed by atoms with Gasteiger partial charge in [0.15, 0.2) is 11.5 Å². The molecule has 12 nitrogen and oxygen atoms in total. The number of anilines is 1. The SMILES string of the molecule is CCCNC(=O)N1CCN(c2ccnc(-n3ccnc3)n2)C(C(=O)NCCc2ccc3c(c2)OCO3)C1. The van der Waals surface area contributed by atoms with Crippen LogP contribution in [0, 0.1) is 0 Å². The van der Waals surface area contributed by atoms with Crippen molar-refractivity contribution in [2.45, 2.75) is 25.8 Å². The molecular weight excluding hydrogens is 476 g/mol. The van der Waals surface area contributed by atoms with Crippen LogP contribution in [0.2, 0.25) is 0 Å². The maximum atomic E-state index is 13.4. The Bertz CT molecular complexity index is 1240. The van der Waals surface area contributed by atoms with Gasteiger partial charge in [-0.1, -0.05) is 13.0 Å². The molecule has 1 unspecified atom stereocenters. The molecule has 4 heterocycles. The van der Waals surface area contributed by atoms with E-state index in [-0.39, 0.29) is 25.3 Å². The first-order valence-electron chi connectivity index (χ1n) is 12.4. The molecule has 2 aromatic heterocycles. The summed E-state index contributed by atoms with van der Waals surface area (Å²) in [5.74, 6) is 2.35. The number of aromatic nitrogens is 4. The highest BCUT2D eigenvalue weighted by atomic mass is 16.7. The molecule has 1 atom stereocenters. The summed E-state index contributed by atoms with van der Waals surface area (Å²) in [5.41, 5.74) is 1.03. The zero-order valence-electron chi connectivity index (χ0n) is 20.7. The Kier molecular flexibility index (Phi) is 7.33. The largest absolute Gasteiger partial charge is 0.454 e. The van der Waals surface area contributed by atoms with E-state index in [2.05, 4.69) is 25.6 Å². The van der Waals surface area contributed by atoms with Gasteiger partial charge in [-0.25, -0.2) is 14.8 Å². The summed E-state index contributed by atoms with van der Waals surface area (Å²) in [5, 5.41) is 5.95. The fourth-order valence-corrected chi connectivity index (χ4v) is 4.36. The van der Waals surface area contributed by atoms with Crippen molar-refractivity contribution in [2.75, 3.05) is 44.4 Å². The van der Waals surface area contributed by atoms with Crippen LogP contribution in [0.5, 0.6) is 11.5 Å². The highest BCUT2D eigenvalue weighted by Gasteiger charge is 2.35. The third-order valence-electron chi connectivity index (χ3n) is 6.30. The lowest BCUT2D eigenvalue weighted by Crippen LogP contribution is -2.62. The number of ether oxygens (including phenoxy) is 2. The summed E-state index contributed by atoms with van der Waals surface area (Å²) < 4.78 is 12.5. The van der Waals surface area contributed by atoms with Crippen LogP contribution in [0.3, 0.4) is 0 Å². The van der Waals surface area contributed by atoms with Crippen molar-refractivity contribution < 1.29 is 19.1 Å². The van der Waals surface area contributed by atoms with Crippen molar-refractivity contribution in [2.24, 2.45) is 0 Å². The van der Waals surface area contributed by atoms with Gasteiger partial charge in [0.1, 0.15) is 18.2 Å². The number of carbonyl (C=O) groups is 2. The van der Waals surface area contributed by atoms with Crippen LogP contribution in [0.1, 0.15) is 18.9 Å². The van der Waals surface area contributed by atoms with Gasteiger partial charge in [-0.05, 0) is 36.6 Å². The number of fused-ring (bicyclic) bond motifs is 1. The van der Waals surface area contributed by atoms with Gasteiger partial charge < -0.3 is 29.9 Å². The molecule has 3 amide bonds.